The van der Waals surface area contributed by atoms with E-state index in [0.29, 0.717) is 0 Å². The second-order valence-electron chi connectivity index (χ2n) is 7.42. The number of thiophene rings is 1. The normalized spacial score (nSPS) is 13.6. The van der Waals surface area contributed by atoms with Crippen molar-refractivity contribution < 1.29 is 23.1 Å². The Bertz CT molecular complexity index is 1180. The lowest BCUT2D eigenvalue weighted by atomic mass is 10.1. The number of carboxylic acids is 1. The van der Waals surface area contributed by atoms with Crippen LogP contribution in [0, 0.1) is 0 Å². The number of para-hydroxylation sites is 2. The third-order valence-electron chi connectivity index (χ3n) is 4.88. The summed E-state index contributed by atoms with van der Waals surface area (Å²) < 4.78 is 31.7. The number of imidazole rings is 1. The molecule has 0 saturated heterocycles. The quantitative estimate of drug-likeness (QED) is 0.350. The molecule has 32 heavy (non-hydrogen) atoms. The van der Waals surface area contributed by atoms with Gasteiger partial charge in [-0.2, -0.15) is 13.2 Å². The molecule has 0 bridgehead atoms. The Morgan fingerprint density at radius 2 is 1.72 bits per heavy atom. The monoisotopic (exact) mass is 459 g/mol. The number of nitrogens with one attached hydrogen (secondary N) is 2. The van der Waals surface area contributed by atoms with Gasteiger partial charge in [0.15, 0.2) is 0 Å². The van der Waals surface area contributed by atoms with E-state index in [9.17, 15) is 13.2 Å². The Morgan fingerprint density at radius 1 is 1.06 bits per heavy atom. The number of nitrogens with zero attached hydrogens (tertiary/aromatic N) is 1. The minimum atomic E-state index is -5.08. The first-order valence-electron chi connectivity index (χ1n) is 9.97. The summed E-state index contributed by atoms with van der Waals surface area (Å²) in [7, 11) is 0. The second kappa shape index (κ2) is 9.13. The molecule has 2 aromatic carbocycles. The van der Waals surface area contributed by atoms with Crippen LogP contribution in [0.4, 0.5) is 13.2 Å². The fourth-order valence-electron chi connectivity index (χ4n) is 3.03. The summed E-state index contributed by atoms with van der Waals surface area (Å²) in [5, 5.41) is 10.7. The van der Waals surface area contributed by atoms with E-state index in [1.165, 1.54) is 33.7 Å². The second-order valence-corrected chi connectivity index (χ2v) is 8.51. The topological polar surface area (TPSA) is 78.0 Å². The molecule has 3 N–H and O–H groups in total. The number of aromatic amines is 1. The number of aliphatic carboxylic acids is 1. The van der Waals surface area contributed by atoms with E-state index in [1.807, 2.05) is 18.2 Å². The van der Waals surface area contributed by atoms with E-state index in [0.717, 1.165) is 29.4 Å². The van der Waals surface area contributed by atoms with Crippen molar-refractivity contribution in [1.82, 2.24) is 15.3 Å². The molecule has 0 aliphatic heterocycles. The van der Waals surface area contributed by atoms with Crippen molar-refractivity contribution in [1.29, 1.82) is 0 Å². The maximum atomic E-state index is 10.6. The van der Waals surface area contributed by atoms with E-state index >= 15 is 0 Å². The molecule has 0 atom stereocenters. The molecule has 5 rings (SSSR count). The number of carbonyl (C=O) groups is 1. The average Bonchev–Trinajstić information content (AvgIpc) is 3.29. The van der Waals surface area contributed by atoms with Crippen LogP contribution in [-0.4, -0.2) is 33.3 Å². The van der Waals surface area contributed by atoms with Crippen LogP contribution in [-0.2, 0) is 11.3 Å². The smallest absolute Gasteiger partial charge is 0.475 e. The zero-order chi connectivity index (χ0) is 22.7. The molecule has 2 heterocycles. The number of rotatable bonds is 5. The van der Waals surface area contributed by atoms with E-state index in [4.69, 9.17) is 14.9 Å². The molecule has 9 heteroatoms. The van der Waals surface area contributed by atoms with Crippen molar-refractivity contribution in [2.75, 3.05) is 0 Å². The van der Waals surface area contributed by atoms with Crippen LogP contribution in [0.3, 0.4) is 0 Å². The molecule has 0 radical (unpaired) electrons. The lowest BCUT2D eigenvalue weighted by Gasteiger charge is -2.04. The SMILES string of the molecule is O=C(O)C(F)(F)F.c1ccc2[nH]c(-c3ccc(-c4ccc(CNC5CC5)cc4)s3)nc2c1. The molecular weight excluding hydrogens is 439 g/mol. The van der Waals surface area contributed by atoms with Crippen LogP contribution >= 0.6 is 11.3 Å². The minimum Gasteiger partial charge on any atom is -0.475 e. The molecule has 4 aromatic rings. The first-order chi connectivity index (χ1) is 15.3. The highest BCUT2D eigenvalue weighted by Crippen LogP contribution is 2.34. The highest BCUT2D eigenvalue weighted by Gasteiger charge is 2.38. The summed E-state index contributed by atoms with van der Waals surface area (Å²) in [4.78, 5) is 19.5. The fourth-order valence-corrected chi connectivity index (χ4v) is 3.98. The molecular formula is C23H20F3N3O2S. The summed E-state index contributed by atoms with van der Waals surface area (Å²) in [6, 6.07) is 22.1. The Kier molecular flexibility index (Phi) is 6.29. The molecule has 1 aliphatic carbocycles. The van der Waals surface area contributed by atoms with Gasteiger partial charge in [-0.25, -0.2) is 9.78 Å². The minimum absolute atomic E-state index is 0.753. The largest absolute Gasteiger partial charge is 0.490 e. The summed E-state index contributed by atoms with van der Waals surface area (Å²) in [5.41, 5.74) is 4.71. The van der Waals surface area contributed by atoms with Crippen LogP contribution in [0.1, 0.15) is 18.4 Å². The number of alkyl halides is 3. The number of fused-ring (bicyclic) bond motifs is 1. The third kappa shape index (κ3) is 5.54. The van der Waals surface area contributed by atoms with Crippen LogP contribution in [0.25, 0.3) is 32.2 Å². The molecule has 0 amide bonds. The Labute approximate surface area is 185 Å². The van der Waals surface area contributed by atoms with Gasteiger partial charge in [0.25, 0.3) is 0 Å². The van der Waals surface area contributed by atoms with Gasteiger partial charge in [-0.3, -0.25) is 0 Å². The van der Waals surface area contributed by atoms with Crippen molar-refractivity contribution >= 4 is 28.3 Å². The number of H-pyrrole nitrogens is 1. The van der Waals surface area contributed by atoms with Gasteiger partial charge in [0.1, 0.15) is 5.82 Å². The van der Waals surface area contributed by atoms with Gasteiger partial charge in [0.2, 0.25) is 0 Å². The Balaban J connectivity index is 0.000000307. The van der Waals surface area contributed by atoms with Gasteiger partial charge < -0.3 is 15.4 Å². The number of benzene rings is 2. The standard InChI is InChI=1S/C21H19N3S.C2HF3O2/c1-2-4-18-17(3-1)23-21(24-18)20-12-11-19(25-20)15-7-5-14(6-8-15)13-22-16-9-10-16;3-2(4,5)1(6)7/h1-8,11-12,16,22H,9-10,13H2,(H,23,24);(H,6,7). The van der Waals surface area contributed by atoms with Crippen molar-refractivity contribution in [3.63, 3.8) is 0 Å². The highest BCUT2D eigenvalue weighted by atomic mass is 32.1. The van der Waals surface area contributed by atoms with E-state index in [1.54, 1.807) is 11.3 Å². The first kappa shape index (κ1) is 22.0. The van der Waals surface area contributed by atoms with Gasteiger partial charge in [0.05, 0.1) is 15.9 Å². The molecule has 1 saturated carbocycles. The Hall–Kier alpha value is -3.17. The maximum Gasteiger partial charge on any atom is 0.490 e. The first-order valence-corrected chi connectivity index (χ1v) is 10.8. The van der Waals surface area contributed by atoms with Crippen LogP contribution < -0.4 is 5.32 Å². The predicted molar refractivity (Wildman–Crippen MR) is 118 cm³/mol. The summed E-state index contributed by atoms with van der Waals surface area (Å²) >= 11 is 1.78. The molecule has 0 unspecified atom stereocenters. The lowest BCUT2D eigenvalue weighted by molar-refractivity contribution is -0.192. The van der Waals surface area contributed by atoms with Crippen LogP contribution in [0.5, 0.6) is 0 Å². The molecule has 2 aromatic heterocycles. The lowest BCUT2D eigenvalue weighted by Crippen LogP contribution is -2.21. The average molecular weight is 459 g/mol. The van der Waals surface area contributed by atoms with Crippen molar-refractivity contribution in [3.05, 3.63) is 66.2 Å². The van der Waals surface area contributed by atoms with Gasteiger partial charge in [-0.15, -0.1) is 11.3 Å². The number of hydrogen-bond donors (Lipinski definition) is 3. The zero-order valence-electron chi connectivity index (χ0n) is 16.8. The molecule has 166 valence electrons. The van der Waals surface area contributed by atoms with Crippen molar-refractivity contribution in [2.45, 2.75) is 31.6 Å². The van der Waals surface area contributed by atoms with Crippen molar-refractivity contribution in [2.24, 2.45) is 0 Å². The summed E-state index contributed by atoms with van der Waals surface area (Å²) in [6.45, 7) is 0.972. The molecule has 0 spiro atoms. The van der Waals surface area contributed by atoms with E-state index in [2.05, 4.69) is 52.8 Å². The zero-order valence-corrected chi connectivity index (χ0v) is 17.6. The summed E-state index contributed by atoms with van der Waals surface area (Å²) in [5.74, 6) is -1.81. The summed E-state index contributed by atoms with van der Waals surface area (Å²) in [6.07, 6.45) is -2.42. The van der Waals surface area contributed by atoms with Gasteiger partial charge >= 0.3 is 12.1 Å². The Morgan fingerprint density at radius 3 is 2.34 bits per heavy atom. The van der Waals surface area contributed by atoms with Gasteiger partial charge in [0, 0.05) is 17.5 Å². The predicted octanol–water partition coefficient (Wildman–Crippen LogP) is 5.84. The highest BCUT2D eigenvalue weighted by molar-refractivity contribution is 7.18. The van der Waals surface area contributed by atoms with E-state index in [-0.39, 0.29) is 0 Å². The fraction of sp³-hybridized carbons (Fsp3) is 0.217. The van der Waals surface area contributed by atoms with Gasteiger partial charge in [-0.05, 0) is 48.2 Å². The van der Waals surface area contributed by atoms with Crippen LogP contribution in [0.15, 0.2) is 60.7 Å². The third-order valence-corrected chi connectivity index (χ3v) is 6.02. The number of carboxylic acid groups (broad SMARTS) is 1. The van der Waals surface area contributed by atoms with Gasteiger partial charge in [-0.1, -0.05) is 36.4 Å². The van der Waals surface area contributed by atoms with Crippen LogP contribution in [0.2, 0.25) is 0 Å². The molecule has 1 aliphatic rings. The number of aromatic nitrogens is 2. The maximum absolute atomic E-state index is 10.6. The molecule has 5 nitrogen and oxygen atoms in total. The molecule has 1 fully saturated rings. The van der Waals surface area contributed by atoms with E-state index < -0.39 is 12.1 Å². The number of hydrogen-bond acceptors (Lipinski definition) is 4. The van der Waals surface area contributed by atoms with Crippen molar-refractivity contribution in [3.8, 4) is 21.1 Å². The number of halogens is 3.